The summed E-state index contributed by atoms with van der Waals surface area (Å²) in [4.78, 5) is 8.80. The summed E-state index contributed by atoms with van der Waals surface area (Å²) >= 11 is 0. The highest BCUT2D eigenvalue weighted by atomic mass is 16.5. The molecule has 2 aromatic carbocycles. The number of nitrogens with one attached hydrogen (secondary N) is 1. The molecule has 1 aliphatic rings. The maximum Gasteiger partial charge on any atom is 0.142 e. The van der Waals surface area contributed by atoms with Gasteiger partial charge in [0.2, 0.25) is 0 Å². The van der Waals surface area contributed by atoms with Crippen LogP contribution >= 0.6 is 0 Å². The Labute approximate surface area is 187 Å². The number of fused-ring (bicyclic) bond motifs is 1. The minimum Gasteiger partial charge on any atom is -0.497 e. The zero-order valence-corrected chi connectivity index (χ0v) is 18.1. The lowest BCUT2D eigenvalue weighted by molar-refractivity contribution is 0.415. The standard InChI is InChI=1S/C26H25N5O/c1-28-24-15-25(30-17-29-24)31-16-22(26(27)12-4-3-5-13-26)21-11-8-19(14-23(21)31)18-6-9-20(32-2)10-7-18/h3-12,14-17H,13,27H2,1-2H3,(H,28,29,30). The molecule has 6 nitrogen and oxygen atoms in total. The third kappa shape index (κ3) is 3.44. The molecule has 0 radical (unpaired) electrons. The van der Waals surface area contributed by atoms with Crippen LogP contribution in [0.1, 0.15) is 12.0 Å². The molecule has 0 aliphatic heterocycles. The van der Waals surface area contributed by atoms with E-state index in [4.69, 9.17) is 10.5 Å². The van der Waals surface area contributed by atoms with Crippen LogP contribution in [0, 0.1) is 0 Å². The fourth-order valence-electron chi connectivity index (χ4n) is 4.20. The van der Waals surface area contributed by atoms with Crippen molar-refractivity contribution in [1.29, 1.82) is 0 Å². The third-order valence-electron chi connectivity index (χ3n) is 5.98. The Morgan fingerprint density at radius 3 is 2.56 bits per heavy atom. The van der Waals surface area contributed by atoms with Gasteiger partial charge in [-0.1, -0.05) is 48.6 Å². The zero-order valence-electron chi connectivity index (χ0n) is 18.1. The number of allylic oxidation sites excluding steroid dienone is 2. The van der Waals surface area contributed by atoms with Crippen molar-refractivity contribution in [2.45, 2.75) is 12.0 Å². The summed E-state index contributed by atoms with van der Waals surface area (Å²) in [7, 11) is 3.52. The molecule has 0 amide bonds. The van der Waals surface area contributed by atoms with Gasteiger partial charge in [-0.3, -0.25) is 0 Å². The summed E-state index contributed by atoms with van der Waals surface area (Å²) in [6.07, 6.45) is 12.7. The fraction of sp³-hybridized carbons (Fsp3) is 0.154. The van der Waals surface area contributed by atoms with Crippen molar-refractivity contribution < 1.29 is 4.74 Å². The lowest BCUT2D eigenvalue weighted by atomic mass is 9.84. The van der Waals surface area contributed by atoms with Crippen LogP contribution in [0.3, 0.4) is 0 Å². The summed E-state index contributed by atoms with van der Waals surface area (Å²) in [5.74, 6) is 2.38. The first-order chi connectivity index (χ1) is 15.6. The first-order valence-electron chi connectivity index (χ1n) is 10.5. The number of hydrogen-bond donors (Lipinski definition) is 2. The molecule has 5 rings (SSSR count). The van der Waals surface area contributed by atoms with Crippen LogP contribution in [-0.4, -0.2) is 28.7 Å². The van der Waals surface area contributed by atoms with Crippen LogP contribution in [0.4, 0.5) is 5.82 Å². The van der Waals surface area contributed by atoms with Crippen LogP contribution in [0.5, 0.6) is 5.75 Å². The Morgan fingerprint density at radius 2 is 1.84 bits per heavy atom. The van der Waals surface area contributed by atoms with E-state index in [0.29, 0.717) is 0 Å². The number of hydrogen-bond acceptors (Lipinski definition) is 5. The van der Waals surface area contributed by atoms with E-state index in [-0.39, 0.29) is 0 Å². The monoisotopic (exact) mass is 423 g/mol. The topological polar surface area (TPSA) is 78.0 Å². The second-order valence-corrected chi connectivity index (χ2v) is 7.92. The molecule has 1 aliphatic carbocycles. The second-order valence-electron chi connectivity index (χ2n) is 7.92. The van der Waals surface area contributed by atoms with Crippen molar-refractivity contribution in [3.8, 4) is 22.7 Å². The zero-order chi connectivity index (χ0) is 22.1. The lowest BCUT2D eigenvalue weighted by Crippen LogP contribution is -2.34. The van der Waals surface area contributed by atoms with E-state index in [0.717, 1.165) is 51.4 Å². The SMILES string of the molecule is CNc1cc(-n2cc(C3(N)C=CC=CC3)c3ccc(-c4ccc(OC)cc4)cc32)ncn1. The Balaban J connectivity index is 1.72. The van der Waals surface area contributed by atoms with E-state index in [1.54, 1.807) is 13.4 Å². The van der Waals surface area contributed by atoms with E-state index in [1.807, 2.05) is 37.4 Å². The first-order valence-corrected chi connectivity index (χ1v) is 10.5. The smallest absolute Gasteiger partial charge is 0.142 e. The van der Waals surface area contributed by atoms with E-state index < -0.39 is 5.54 Å². The van der Waals surface area contributed by atoms with Gasteiger partial charge in [0, 0.05) is 30.3 Å². The fourth-order valence-corrected chi connectivity index (χ4v) is 4.20. The average Bonchev–Trinajstić information content (AvgIpc) is 3.24. The van der Waals surface area contributed by atoms with Gasteiger partial charge in [0.05, 0.1) is 18.2 Å². The maximum absolute atomic E-state index is 6.86. The van der Waals surface area contributed by atoms with Gasteiger partial charge in [-0.05, 0) is 35.7 Å². The normalized spacial score (nSPS) is 17.6. The van der Waals surface area contributed by atoms with Crippen molar-refractivity contribution in [2.24, 2.45) is 5.73 Å². The highest BCUT2D eigenvalue weighted by Gasteiger charge is 2.29. The molecular weight excluding hydrogens is 398 g/mol. The Bertz CT molecular complexity index is 1340. The predicted molar refractivity (Wildman–Crippen MR) is 129 cm³/mol. The second kappa shape index (κ2) is 7.98. The van der Waals surface area contributed by atoms with Gasteiger partial charge in [0.1, 0.15) is 23.7 Å². The molecular formula is C26H25N5O. The minimum atomic E-state index is -0.571. The van der Waals surface area contributed by atoms with E-state index in [9.17, 15) is 0 Å². The van der Waals surface area contributed by atoms with Crippen LogP contribution in [0.25, 0.3) is 27.8 Å². The van der Waals surface area contributed by atoms with Gasteiger partial charge in [-0.2, -0.15) is 0 Å². The largest absolute Gasteiger partial charge is 0.497 e. The highest BCUT2D eigenvalue weighted by molar-refractivity contribution is 5.90. The van der Waals surface area contributed by atoms with Gasteiger partial charge < -0.3 is 20.4 Å². The van der Waals surface area contributed by atoms with Crippen molar-refractivity contribution >= 4 is 16.7 Å². The summed E-state index contributed by atoms with van der Waals surface area (Å²) < 4.78 is 7.40. The van der Waals surface area contributed by atoms with Gasteiger partial charge in [-0.15, -0.1) is 0 Å². The highest BCUT2D eigenvalue weighted by Crippen LogP contribution is 2.37. The molecule has 32 heavy (non-hydrogen) atoms. The third-order valence-corrected chi connectivity index (χ3v) is 5.98. The quantitative estimate of drug-likeness (QED) is 0.482. The predicted octanol–water partition coefficient (Wildman–Crippen LogP) is 4.81. The van der Waals surface area contributed by atoms with Crippen LogP contribution in [0.2, 0.25) is 0 Å². The number of nitrogens with zero attached hydrogens (tertiary/aromatic N) is 3. The molecule has 0 saturated carbocycles. The molecule has 2 heterocycles. The Kier molecular flexibility index (Phi) is 4.99. The van der Waals surface area contributed by atoms with Crippen molar-refractivity contribution in [2.75, 3.05) is 19.5 Å². The average molecular weight is 424 g/mol. The summed E-state index contributed by atoms with van der Waals surface area (Å²) in [6, 6.07) is 16.5. The molecule has 0 spiro atoms. The first kappa shape index (κ1) is 20.0. The number of methoxy groups -OCH3 is 1. The van der Waals surface area contributed by atoms with Gasteiger partial charge in [-0.25, -0.2) is 9.97 Å². The minimum absolute atomic E-state index is 0.571. The van der Waals surface area contributed by atoms with Crippen LogP contribution in [-0.2, 0) is 5.54 Å². The molecule has 0 fully saturated rings. The van der Waals surface area contributed by atoms with Crippen molar-refractivity contribution in [3.63, 3.8) is 0 Å². The molecule has 1 atom stereocenters. The summed E-state index contributed by atoms with van der Waals surface area (Å²) in [5, 5.41) is 4.20. The molecule has 160 valence electrons. The van der Waals surface area contributed by atoms with Gasteiger partial charge in [0.25, 0.3) is 0 Å². The van der Waals surface area contributed by atoms with E-state index in [2.05, 4.69) is 68.5 Å². The van der Waals surface area contributed by atoms with E-state index in [1.165, 1.54) is 0 Å². The number of aromatic nitrogens is 3. The number of ether oxygens (including phenoxy) is 1. The number of anilines is 1. The van der Waals surface area contributed by atoms with Gasteiger partial charge in [0.15, 0.2) is 0 Å². The Morgan fingerprint density at radius 1 is 1.03 bits per heavy atom. The van der Waals surface area contributed by atoms with Gasteiger partial charge >= 0.3 is 0 Å². The van der Waals surface area contributed by atoms with Crippen molar-refractivity contribution in [1.82, 2.24) is 14.5 Å². The maximum atomic E-state index is 6.86. The number of benzene rings is 2. The molecule has 6 heteroatoms. The van der Waals surface area contributed by atoms with Crippen LogP contribution < -0.4 is 15.8 Å². The lowest BCUT2D eigenvalue weighted by Gasteiger charge is -2.26. The Hall–Kier alpha value is -3.90. The molecule has 3 N–H and O–H groups in total. The molecule has 4 aromatic rings. The molecule has 0 saturated heterocycles. The van der Waals surface area contributed by atoms with E-state index >= 15 is 0 Å². The summed E-state index contributed by atoms with van der Waals surface area (Å²) in [6.45, 7) is 0. The van der Waals surface area contributed by atoms with Crippen LogP contribution in [0.15, 0.2) is 85.4 Å². The molecule has 0 bridgehead atoms. The van der Waals surface area contributed by atoms with Crippen molar-refractivity contribution in [3.05, 3.63) is 90.9 Å². The number of nitrogens with two attached hydrogens (primary N) is 1. The molecule has 1 unspecified atom stereocenters. The number of rotatable bonds is 5. The summed E-state index contributed by atoms with van der Waals surface area (Å²) in [5.41, 5.74) is 10.6. The molecule has 2 aromatic heterocycles.